The van der Waals surface area contributed by atoms with Crippen LogP contribution in [0.4, 0.5) is 4.79 Å². The summed E-state index contributed by atoms with van der Waals surface area (Å²) in [5.74, 6) is -1.10. The van der Waals surface area contributed by atoms with Gasteiger partial charge in [0.05, 0.1) is 0 Å². The van der Waals surface area contributed by atoms with Gasteiger partial charge in [-0.1, -0.05) is 26.7 Å². The van der Waals surface area contributed by atoms with Gasteiger partial charge in [0, 0.05) is 13.1 Å². The summed E-state index contributed by atoms with van der Waals surface area (Å²) >= 11 is 0. The molecule has 0 saturated heterocycles. The minimum atomic E-state index is -0.979. The fourth-order valence-corrected chi connectivity index (χ4v) is 2.21. The van der Waals surface area contributed by atoms with Gasteiger partial charge in [-0.3, -0.25) is 0 Å². The van der Waals surface area contributed by atoms with Crippen molar-refractivity contribution in [2.75, 3.05) is 7.05 Å². The van der Waals surface area contributed by atoms with Gasteiger partial charge in [0.2, 0.25) is 0 Å². The maximum absolute atomic E-state index is 11.9. The molecule has 0 unspecified atom stereocenters. The molecular formula is C12H22N2O3. The number of hydrogen-bond donors (Lipinski definition) is 2. The summed E-state index contributed by atoms with van der Waals surface area (Å²) in [4.78, 5) is 24.5. The van der Waals surface area contributed by atoms with Gasteiger partial charge in [-0.05, 0) is 18.8 Å². The normalized spacial score (nSPS) is 18.1. The van der Waals surface area contributed by atoms with E-state index in [9.17, 15) is 9.59 Å². The largest absolute Gasteiger partial charge is 0.480 e. The zero-order chi connectivity index (χ0) is 13.0. The predicted octanol–water partition coefficient (Wildman–Crippen LogP) is 1.68. The molecule has 2 amide bonds. The third-order valence-electron chi connectivity index (χ3n) is 3.40. The van der Waals surface area contributed by atoms with Crippen LogP contribution < -0.4 is 5.32 Å². The molecule has 0 aromatic heterocycles. The number of amides is 2. The fourth-order valence-electron chi connectivity index (χ4n) is 2.21. The number of carbonyl (C=O) groups excluding carboxylic acids is 1. The monoisotopic (exact) mass is 242 g/mol. The number of rotatable bonds is 4. The predicted molar refractivity (Wildman–Crippen MR) is 64.8 cm³/mol. The molecule has 1 rings (SSSR count). The Morgan fingerprint density at radius 2 is 1.82 bits per heavy atom. The van der Waals surface area contributed by atoms with E-state index in [2.05, 4.69) is 5.32 Å². The number of carboxylic acids is 1. The SMILES string of the molecule is CC(C)[C@H](NC(=O)N(C)C1CCCC1)C(=O)O. The standard InChI is InChI=1S/C12H22N2O3/c1-8(2)10(11(15)16)13-12(17)14(3)9-6-4-5-7-9/h8-10H,4-7H2,1-3H3,(H,13,17)(H,15,16)/t10-/m0/s1. The van der Waals surface area contributed by atoms with Crippen molar-refractivity contribution < 1.29 is 14.7 Å². The maximum atomic E-state index is 11.9. The zero-order valence-corrected chi connectivity index (χ0v) is 10.8. The number of carboxylic acid groups (broad SMARTS) is 1. The molecule has 0 aromatic carbocycles. The molecule has 1 fully saturated rings. The van der Waals surface area contributed by atoms with Gasteiger partial charge in [0.1, 0.15) is 6.04 Å². The molecular weight excluding hydrogens is 220 g/mol. The smallest absolute Gasteiger partial charge is 0.326 e. The van der Waals surface area contributed by atoms with Gasteiger partial charge in [0.25, 0.3) is 0 Å². The lowest BCUT2D eigenvalue weighted by Gasteiger charge is -2.27. The van der Waals surface area contributed by atoms with Crippen molar-refractivity contribution in [3.63, 3.8) is 0 Å². The van der Waals surface area contributed by atoms with Crippen molar-refractivity contribution in [3.8, 4) is 0 Å². The minimum absolute atomic E-state index is 0.117. The van der Waals surface area contributed by atoms with Crippen LogP contribution >= 0.6 is 0 Å². The number of nitrogens with one attached hydrogen (secondary N) is 1. The highest BCUT2D eigenvalue weighted by Crippen LogP contribution is 2.22. The Balaban J connectivity index is 2.54. The second kappa shape index (κ2) is 5.89. The molecule has 1 atom stereocenters. The molecule has 0 aliphatic heterocycles. The molecule has 2 N–H and O–H groups in total. The third kappa shape index (κ3) is 3.61. The lowest BCUT2D eigenvalue weighted by molar-refractivity contribution is -0.140. The Bertz CT molecular complexity index is 285. The van der Waals surface area contributed by atoms with Crippen LogP contribution in [0.5, 0.6) is 0 Å². The molecule has 1 aliphatic rings. The highest BCUT2D eigenvalue weighted by Gasteiger charge is 2.28. The van der Waals surface area contributed by atoms with E-state index in [1.165, 1.54) is 0 Å². The van der Waals surface area contributed by atoms with Gasteiger partial charge in [-0.25, -0.2) is 9.59 Å². The lowest BCUT2D eigenvalue weighted by atomic mass is 10.1. The topological polar surface area (TPSA) is 69.6 Å². The Morgan fingerprint density at radius 1 is 1.29 bits per heavy atom. The van der Waals surface area contributed by atoms with Crippen LogP contribution in [0.15, 0.2) is 0 Å². The van der Waals surface area contributed by atoms with E-state index in [0.717, 1.165) is 25.7 Å². The Labute approximate surface area is 102 Å². The Hall–Kier alpha value is -1.26. The van der Waals surface area contributed by atoms with Gasteiger partial charge in [-0.15, -0.1) is 0 Å². The van der Waals surface area contributed by atoms with E-state index in [1.807, 2.05) is 0 Å². The third-order valence-corrected chi connectivity index (χ3v) is 3.40. The van der Waals surface area contributed by atoms with Crippen molar-refractivity contribution >= 4 is 12.0 Å². The number of urea groups is 1. The van der Waals surface area contributed by atoms with E-state index in [0.29, 0.717) is 0 Å². The second-order valence-corrected chi connectivity index (χ2v) is 5.06. The summed E-state index contributed by atoms with van der Waals surface area (Å²) in [6.07, 6.45) is 4.33. The van der Waals surface area contributed by atoms with E-state index in [1.54, 1.807) is 25.8 Å². The minimum Gasteiger partial charge on any atom is -0.480 e. The van der Waals surface area contributed by atoms with E-state index in [-0.39, 0.29) is 18.0 Å². The first-order chi connectivity index (χ1) is 7.93. The van der Waals surface area contributed by atoms with Crippen LogP contribution in [-0.4, -0.2) is 41.1 Å². The van der Waals surface area contributed by atoms with Crippen molar-refractivity contribution in [2.24, 2.45) is 5.92 Å². The molecule has 17 heavy (non-hydrogen) atoms. The molecule has 0 heterocycles. The Morgan fingerprint density at radius 3 is 2.24 bits per heavy atom. The first kappa shape index (κ1) is 13.8. The van der Waals surface area contributed by atoms with Crippen molar-refractivity contribution in [1.29, 1.82) is 0 Å². The van der Waals surface area contributed by atoms with E-state index >= 15 is 0 Å². The zero-order valence-electron chi connectivity index (χ0n) is 10.8. The van der Waals surface area contributed by atoms with Crippen LogP contribution in [-0.2, 0) is 4.79 Å². The molecule has 1 saturated carbocycles. The summed E-state index contributed by atoms with van der Waals surface area (Å²) in [6.45, 7) is 3.57. The van der Waals surface area contributed by atoms with Crippen molar-refractivity contribution in [2.45, 2.75) is 51.6 Å². The van der Waals surface area contributed by atoms with Crippen LogP contribution in [0, 0.1) is 5.92 Å². The van der Waals surface area contributed by atoms with Gasteiger partial charge < -0.3 is 15.3 Å². The van der Waals surface area contributed by atoms with Gasteiger partial charge in [-0.2, -0.15) is 0 Å². The molecule has 98 valence electrons. The van der Waals surface area contributed by atoms with Crippen LogP contribution in [0.3, 0.4) is 0 Å². The van der Waals surface area contributed by atoms with Crippen LogP contribution in [0.2, 0.25) is 0 Å². The fraction of sp³-hybridized carbons (Fsp3) is 0.833. The first-order valence-electron chi connectivity index (χ1n) is 6.19. The average Bonchev–Trinajstić information content (AvgIpc) is 2.76. The van der Waals surface area contributed by atoms with E-state index in [4.69, 9.17) is 5.11 Å². The molecule has 5 heteroatoms. The van der Waals surface area contributed by atoms with Gasteiger partial charge in [0.15, 0.2) is 0 Å². The quantitative estimate of drug-likeness (QED) is 0.788. The molecule has 0 spiro atoms. The van der Waals surface area contributed by atoms with Crippen LogP contribution in [0.1, 0.15) is 39.5 Å². The number of hydrogen-bond acceptors (Lipinski definition) is 2. The van der Waals surface area contributed by atoms with Gasteiger partial charge >= 0.3 is 12.0 Å². The molecule has 5 nitrogen and oxygen atoms in total. The summed E-state index contributed by atoms with van der Waals surface area (Å²) in [5, 5.41) is 11.6. The average molecular weight is 242 g/mol. The van der Waals surface area contributed by atoms with Crippen molar-refractivity contribution in [1.82, 2.24) is 10.2 Å². The van der Waals surface area contributed by atoms with Crippen molar-refractivity contribution in [3.05, 3.63) is 0 Å². The number of carbonyl (C=O) groups is 2. The maximum Gasteiger partial charge on any atom is 0.326 e. The van der Waals surface area contributed by atoms with Crippen LogP contribution in [0.25, 0.3) is 0 Å². The Kier molecular flexibility index (Phi) is 4.78. The summed E-state index contributed by atoms with van der Waals surface area (Å²) in [7, 11) is 1.74. The van der Waals surface area contributed by atoms with E-state index < -0.39 is 12.0 Å². The summed E-state index contributed by atoms with van der Waals surface area (Å²) in [6, 6.07) is -0.832. The second-order valence-electron chi connectivity index (χ2n) is 5.06. The number of aliphatic carboxylic acids is 1. The molecule has 0 radical (unpaired) electrons. The molecule has 0 bridgehead atoms. The molecule has 0 aromatic rings. The molecule has 1 aliphatic carbocycles. The first-order valence-corrected chi connectivity index (χ1v) is 6.19. The highest BCUT2D eigenvalue weighted by molar-refractivity contribution is 5.82. The summed E-state index contributed by atoms with van der Waals surface area (Å²) < 4.78 is 0. The highest BCUT2D eigenvalue weighted by atomic mass is 16.4. The number of nitrogens with zero attached hydrogens (tertiary/aromatic N) is 1. The lowest BCUT2D eigenvalue weighted by Crippen LogP contribution is -2.51. The summed E-state index contributed by atoms with van der Waals surface area (Å²) in [5.41, 5.74) is 0.